The van der Waals surface area contributed by atoms with Crippen molar-refractivity contribution in [3.8, 4) is 0 Å². The van der Waals surface area contributed by atoms with Crippen LogP contribution in [0.2, 0.25) is 0 Å². The molecule has 0 amide bonds. The van der Waals surface area contributed by atoms with Crippen molar-refractivity contribution < 1.29 is 0 Å². The molecule has 0 unspecified atom stereocenters. The van der Waals surface area contributed by atoms with E-state index in [9.17, 15) is 0 Å². The van der Waals surface area contributed by atoms with Crippen LogP contribution in [-0.2, 0) is 0 Å². The third kappa shape index (κ3) is 1.68. The van der Waals surface area contributed by atoms with Crippen molar-refractivity contribution in [2.24, 2.45) is 10.7 Å². The number of nitrogens with zero attached hydrogens (tertiary/aromatic N) is 2. The molecular formula is C8H13N3. The van der Waals surface area contributed by atoms with Gasteiger partial charge in [-0.3, -0.25) is 9.89 Å². The van der Waals surface area contributed by atoms with E-state index in [4.69, 9.17) is 5.73 Å². The van der Waals surface area contributed by atoms with Gasteiger partial charge < -0.3 is 5.73 Å². The summed E-state index contributed by atoms with van der Waals surface area (Å²) in [6.07, 6.45) is 3.17. The van der Waals surface area contributed by atoms with Gasteiger partial charge in [0, 0.05) is 31.1 Å². The number of aliphatic imine (C=N–C) groups is 1. The van der Waals surface area contributed by atoms with Crippen molar-refractivity contribution in [2.75, 3.05) is 20.1 Å². The topological polar surface area (TPSA) is 41.6 Å². The molecule has 0 saturated carbocycles. The molecule has 0 bridgehead atoms. The van der Waals surface area contributed by atoms with Gasteiger partial charge >= 0.3 is 0 Å². The van der Waals surface area contributed by atoms with Gasteiger partial charge in [-0.05, 0) is 7.05 Å². The quantitative estimate of drug-likeness (QED) is 0.588. The third-order valence-electron chi connectivity index (χ3n) is 1.68. The summed E-state index contributed by atoms with van der Waals surface area (Å²) in [6, 6.07) is 0. The number of hydrogen-bond donors (Lipinski definition) is 1. The highest BCUT2D eigenvalue weighted by atomic mass is 15.1. The first-order valence-electron chi connectivity index (χ1n) is 3.55. The van der Waals surface area contributed by atoms with E-state index >= 15 is 0 Å². The van der Waals surface area contributed by atoms with Gasteiger partial charge in [0.05, 0.1) is 5.71 Å². The molecule has 3 nitrogen and oxygen atoms in total. The molecule has 1 rings (SSSR count). The largest absolute Gasteiger partial charge is 0.404 e. The van der Waals surface area contributed by atoms with Crippen LogP contribution in [0.5, 0.6) is 0 Å². The summed E-state index contributed by atoms with van der Waals surface area (Å²) >= 11 is 0. The van der Waals surface area contributed by atoms with E-state index in [0.717, 1.165) is 24.4 Å². The van der Waals surface area contributed by atoms with Crippen LogP contribution in [0.4, 0.5) is 0 Å². The molecule has 0 aromatic heterocycles. The van der Waals surface area contributed by atoms with Gasteiger partial charge in [-0.25, -0.2) is 0 Å². The normalized spacial score (nSPS) is 26.6. The zero-order chi connectivity index (χ0) is 8.27. The van der Waals surface area contributed by atoms with Crippen molar-refractivity contribution in [2.45, 2.75) is 0 Å². The van der Waals surface area contributed by atoms with E-state index in [1.54, 1.807) is 12.4 Å². The molecule has 0 aliphatic carbocycles. The molecule has 1 saturated heterocycles. The average molecular weight is 151 g/mol. The first-order valence-corrected chi connectivity index (χ1v) is 3.55. The van der Waals surface area contributed by atoms with E-state index in [1.165, 1.54) is 0 Å². The summed E-state index contributed by atoms with van der Waals surface area (Å²) in [5.41, 5.74) is 7.55. The maximum Gasteiger partial charge on any atom is 0.0602 e. The Morgan fingerprint density at radius 1 is 1.64 bits per heavy atom. The predicted molar refractivity (Wildman–Crippen MR) is 47.4 cm³/mol. The first-order chi connectivity index (χ1) is 5.27. The summed E-state index contributed by atoms with van der Waals surface area (Å²) in [4.78, 5) is 6.27. The van der Waals surface area contributed by atoms with Crippen molar-refractivity contribution in [3.63, 3.8) is 0 Å². The minimum absolute atomic E-state index is 0.870. The minimum Gasteiger partial charge on any atom is -0.404 e. The molecule has 0 aromatic rings. The van der Waals surface area contributed by atoms with Crippen LogP contribution in [0.25, 0.3) is 0 Å². The molecular weight excluding hydrogens is 138 g/mol. The van der Waals surface area contributed by atoms with Gasteiger partial charge in [-0.1, -0.05) is 6.58 Å². The van der Waals surface area contributed by atoms with Gasteiger partial charge in [-0.2, -0.15) is 0 Å². The molecule has 1 aliphatic rings. The van der Waals surface area contributed by atoms with Crippen molar-refractivity contribution >= 4 is 5.71 Å². The zero-order valence-corrected chi connectivity index (χ0v) is 6.75. The lowest BCUT2D eigenvalue weighted by Gasteiger charge is -2.00. The molecule has 0 aromatic carbocycles. The molecule has 1 heterocycles. The maximum atomic E-state index is 5.41. The molecule has 1 fully saturated rings. The van der Waals surface area contributed by atoms with Crippen LogP contribution < -0.4 is 5.73 Å². The maximum absolute atomic E-state index is 5.41. The number of likely N-dealkylation sites (tertiary alicyclic amines) is 1. The van der Waals surface area contributed by atoms with Crippen LogP contribution in [-0.4, -0.2) is 30.7 Å². The second-order valence-corrected chi connectivity index (χ2v) is 2.62. The van der Waals surface area contributed by atoms with Gasteiger partial charge in [-0.15, -0.1) is 0 Å². The Morgan fingerprint density at radius 2 is 2.36 bits per heavy atom. The zero-order valence-electron chi connectivity index (χ0n) is 6.75. The first kappa shape index (κ1) is 8.01. The number of likely N-dealkylation sites (N-methyl/N-ethyl adjacent to an activating group) is 1. The molecule has 60 valence electrons. The van der Waals surface area contributed by atoms with Crippen LogP contribution in [0.1, 0.15) is 0 Å². The SMILES string of the molecule is C=C/N=C1/CN(C)C/C1=C/N. The smallest absolute Gasteiger partial charge is 0.0602 e. The Labute approximate surface area is 66.9 Å². The Hall–Kier alpha value is -1.09. The molecule has 2 N–H and O–H groups in total. The van der Waals surface area contributed by atoms with Crippen molar-refractivity contribution in [1.82, 2.24) is 4.90 Å². The highest BCUT2D eigenvalue weighted by Crippen LogP contribution is 2.09. The lowest BCUT2D eigenvalue weighted by Crippen LogP contribution is -2.13. The molecule has 0 atom stereocenters. The van der Waals surface area contributed by atoms with Crippen LogP contribution in [0.3, 0.4) is 0 Å². The van der Waals surface area contributed by atoms with Crippen molar-refractivity contribution in [1.29, 1.82) is 0 Å². The minimum atomic E-state index is 0.870. The molecule has 0 radical (unpaired) electrons. The van der Waals surface area contributed by atoms with Crippen LogP contribution >= 0.6 is 0 Å². The summed E-state index contributed by atoms with van der Waals surface area (Å²) in [5.74, 6) is 0. The predicted octanol–water partition coefficient (Wildman–Crippen LogP) is 0.359. The molecule has 1 aliphatic heterocycles. The summed E-state index contributed by atoms with van der Waals surface area (Å²) in [6.45, 7) is 5.31. The van der Waals surface area contributed by atoms with Crippen LogP contribution in [0, 0.1) is 0 Å². The van der Waals surface area contributed by atoms with E-state index in [1.807, 2.05) is 7.05 Å². The van der Waals surface area contributed by atoms with Gasteiger partial charge in [0.2, 0.25) is 0 Å². The van der Waals surface area contributed by atoms with Crippen molar-refractivity contribution in [3.05, 3.63) is 24.6 Å². The third-order valence-corrected chi connectivity index (χ3v) is 1.68. The molecule has 0 spiro atoms. The fraction of sp³-hybridized carbons (Fsp3) is 0.375. The Balaban J connectivity index is 2.81. The Morgan fingerprint density at radius 3 is 2.91 bits per heavy atom. The summed E-state index contributed by atoms with van der Waals surface area (Å²) < 4.78 is 0. The highest BCUT2D eigenvalue weighted by Gasteiger charge is 2.18. The van der Waals surface area contributed by atoms with Crippen LogP contribution in [0.15, 0.2) is 29.5 Å². The number of rotatable bonds is 1. The second-order valence-electron chi connectivity index (χ2n) is 2.62. The summed E-state index contributed by atoms with van der Waals surface area (Å²) in [7, 11) is 2.04. The van der Waals surface area contributed by atoms with Gasteiger partial charge in [0.25, 0.3) is 0 Å². The van der Waals surface area contributed by atoms with E-state index < -0.39 is 0 Å². The highest BCUT2D eigenvalue weighted by molar-refractivity contribution is 6.04. The summed E-state index contributed by atoms with van der Waals surface area (Å²) in [5, 5.41) is 0. The standard InChI is InChI=1S/C8H13N3/c1-3-10-8-6-11(2)5-7(8)4-9/h3-4H,1,5-6,9H2,2H3/b7-4-,10-8-. The lowest BCUT2D eigenvalue weighted by atomic mass is 10.2. The number of nitrogens with two attached hydrogens (primary N) is 1. The lowest BCUT2D eigenvalue weighted by molar-refractivity contribution is 0.445. The van der Waals surface area contributed by atoms with Gasteiger partial charge in [0.15, 0.2) is 0 Å². The Kier molecular flexibility index (Phi) is 2.44. The van der Waals surface area contributed by atoms with E-state index in [0.29, 0.717) is 0 Å². The average Bonchev–Trinajstić information content (AvgIpc) is 2.32. The fourth-order valence-electron chi connectivity index (χ4n) is 1.18. The second kappa shape index (κ2) is 3.34. The van der Waals surface area contributed by atoms with Gasteiger partial charge in [0.1, 0.15) is 0 Å². The monoisotopic (exact) mass is 151 g/mol. The molecule has 3 heteroatoms. The molecule has 11 heavy (non-hydrogen) atoms. The number of hydrogen-bond acceptors (Lipinski definition) is 3. The fourth-order valence-corrected chi connectivity index (χ4v) is 1.18. The Bertz CT molecular complexity index is 215. The van der Waals surface area contributed by atoms with E-state index in [2.05, 4.69) is 16.5 Å². The van der Waals surface area contributed by atoms with E-state index in [-0.39, 0.29) is 0 Å².